The van der Waals surface area contributed by atoms with Crippen LogP contribution in [0.5, 0.6) is 0 Å². The maximum atomic E-state index is 6.11. The smallest absolute Gasteiger partial charge is 0.0412 e. The number of benzene rings is 1. The largest absolute Gasteiger partial charge is 0.299 e. The monoisotopic (exact) mass is 249 g/mol. The highest BCUT2D eigenvalue weighted by Gasteiger charge is 2.21. The lowest BCUT2D eigenvalue weighted by atomic mass is 9.90. The van der Waals surface area contributed by atoms with Gasteiger partial charge in [-0.05, 0) is 63.1 Å². The fraction of sp³-hybridized carbons (Fsp3) is 0.467. The minimum absolute atomic E-state index is 0.637. The molecule has 1 aliphatic heterocycles. The highest BCUT2D eigenvalue weighted by Crippen LogP contribution is 2.31. The zero-order valence-electron chi connectivity index (χ0n) is 11.0. The Hall–Kier alpha value is -0.790. The molecule has 0 saturated carbocycles. The van der Waals surface area contributed by atoms with Crippen LogP contribution in [0, 0.1) is 6.92 Å². The summed E-state index contributed by atoms with van der Waals surface area (Å²) in [6.07, 6.45) is 1.15. The molecule has 0 aliphatic carbocycles. The number of likely N-dealkylation sites (N-methyl/N-ethyl adjacent to an activating group) is 1. The maximum Gasteiger partial charge on any atom is 0.0412 e. The first kappa shape index (κ1) is 12.7. The number of rotatable bonds is 1. The Bertz CT molecular complexity index is 462. The van der Waals surface area contributed by atoms with Crippen molar-refractivity contribution in [1.29, 1.82) is 0 Å². The molecule has 1 aromatic rings. The van der Waals surface area contributed by atoms with Crippen LogP contribution in [0.25, 0.3) is 5.57 Å². The van der Waals surface area contributed by atoms with Crippen molar-refractivity contribution >= 4 is 17.2 Å². The van der Waals surface area contributed by atoms with E-state index in [1.807, 2.05) is 6.07 Å². The molecule has 0 spiro atoms. The molecule has 0 aromatic heterocycles. The van der Waals surface area contributed by atoms with Crippen molar-refractivity contribution in [3.05, 3.63) is 39.9 Å². The average molecular weight is 250 g/mol. The van der Waals surface area contributed by atoms with Crippen LogP contribution >= 0.6 is 11.6 Å². The summed E-state index contributed by atoms with van der Waals surface area (Å²) in [4.78, 5) is 2.41. The normalized spacial score (nSPS) is 22.1. The zero-order valence-corrected chi connectivity index (χ0v) is 11.8. The summed E-state index contributed by atoms with van der Waals surface area (Å²) >= 11 is 6.11. The quantitative estimate of drug-likeness (QED) is 0.723. The highest BCUT2D eigenvalue weighted by atomic mass is 35.5. The van der Waals surface area contributed by atoms with Gasteiger partial charge in [0.15, 0.2) is 0 Å². The van der Waals surface area contributed by atoms with E-state index in [-0.39, 0.29) is 0 Å². The molecule has 92 valence electrons. The molecule has 1 nitrogen and oxygen atoms in total. The third-order valence-corrected chi connectivity index (χ3v) is 4.04. The lowest BCUT2D eigenvalue weighted by Crippen LogP contribution is -2.34. The Morgan fingerprint density at radius 3 is 2.71 bits per heavy atom. The van der Waals surface area contributed by atoms with Gasteiger partial charge in [-0.25, -0.2) is 0 Å². The van der Waals surface area contributed by atoms with Crippen molar-refractivity contribution in [1.82, 2.24) is 4.90 Å². The Labute approximate surface area is 109 Å². The van der Waals surface area contributed by atoms with Crippen LogP contribution in [0.4, 0.5) is 0 Å². The van der Waals surface area contributed by atoms with Gasteiger partial charge in [-0.15, -0.1) is 0 Å². The van der Waals surface area contributed by atoms with Crippen molar-refractivity contribution < 1.29 is 0 Å². The molecule has 17 heavy (non-hydrogen) atoms. The average Bonchev–Trinajstić information content (AvgIpc) is 2.27. The summed E-state index contributed by atoms with van der Waals surface area (Å²) in [5, 5.41) is 0.826. The molecule has 1 heterocycles. The van der Waals surface area contributed by atoms with E-state index in [1.165, 1.54) is 22.3 Å². The van der Waals surface area contributed by atoms with Gasteiger partial charge in [0.1, 0.15) is 0 Å². The fourth-order valence-corrected chi connectivity index (χ4v) is 2.67. The van der Waals surface area contributed by atoms with E-state index in [4.69, 9.17) is 11.6 Å². The molecule has 0 saturated heterocycles. The van der Waals surface area contributed by atoms with Gasteiger partial charge in [-0.2, -0.15) is 0 Å². The summed E-state index contributed by atoms with van der Waals surface area (Å²) in [7, 11) is 2.19. The molecule has 2 heteroatoms. The van der Waals surface area contributed by atoms with Crippen molar-refractivity contribution in [2.45, 2.75) is 33.2 Å². The number of halogens is 1. The van der Waals surface area contributed by atoms with Gasteiger partial charge in [0.05, 0.1) is 0 Å². The van der Waals surface area contributed by atoms with Crippen molar-refractivity contribution in [2.24, 2.45) is 0 Å². The van der Waals surface area contributed by atoms with Gasteiger partial charge in [0.25, 0.3) is 0 Å². The van der Waals surface area contributed by atoms with E-state index in [2.05, 4.69) is 44.9 Å². The molecule has 1 aromatic carbocycles. The van der Waals surface area contributed by atoms with E-state index in [0.29, 0.717) is 6.04 Å². The van der Waals surface area contributed by atoms with Crippen LogP contribution in [0.15, 0.2) is 23.8 Å². The van der Waals surface area contributed by atoms with Gasteiger partial charge < -0.3 is 0 Å². The first-order valence-corrected chi connectivity index (χ1v) is 6.52. The molecule has 0 amide bonds. The van der Waals surface area contributed by atoms with Crippen LogP contribution < -0.4 is 0 Å². The van der Waals surface area contributed by atoms with Crippen LogP contribution in [0.1, 0.15) is 31.4 Å². The minimum Gasteiger partial charge on any atom is -0.299 e. The van der Waals surface area contributed by atoms with Gasteiger partial charge in [-0.1, -0.05) is 23.2 Å². The second kappa shape index (κ2) is 4.83. The first-order valence-electron chi connectivity index (χ1n) is 6.14. The lowest BCUT2D eigenvalue weighted by Gasteiger charge is -2.33. The summed E-state index contributed by atoms with van der Waals surface area (Å²) < 4.78 is 0. The Balaban J connectivity index is 2.45. The standard InChI is InChI=1S/C15H20ClN/c1-10-5-6-13(16)8-14(10)15-9-17(4)12(3)7-11(15)2/h5-6,8,12H,7,9H2,1-4H3. The fourth-order valence-electron chi connectivity index (χ4n) is 2.50. The lowest BCUT2D eigenvalue weighted by molar-refractivity contribution is 0.275. The Morgan fingerprint density at radius 1 is 1.29 bits per heavy atom. The third-order valence-electron chi connectivity index (χ3n) is 3.80. The van der Waals surface area contributed by atoms with Crippen molar-refractivity contribution in [3.8, 4) is 0 Å². The maximum absolute atomic E-state index is 6.11. The zero-order chi connectivity index (χ0) is 12.6. The third kappa shape index (κ3) is 2.56. The van der Waals surface area contributed by atoms with Gasteiger partial charge in [0.2, 0.25) is 0 Å². The molecule has 2 rings (SSSR count). The first-order chi connectivity index (χ1) is 7.99. The number of aryl methyl sites for hydroxylation is 1. The van der Waals surface area contributed by atoms with Crippen molar-refractivity contribution in [2.75, 3.05) is 13.6 Å². The van der Waals surface area contributed by atoms with Crippen LogP contribution in [-0.2, 0) is 0 Å². The number of hydrogen-bond donors (Lipinski definition) is 0. The van der Waals surface area contributed by atoms with E-state index in [1.54, 1.807) is 0 Å². The van der Waals surface area contributed by atoms with Crippen LogP contribution in [0.2, 0.25) is 5.02 Å². The Morgan fingerprint density at radius 2 is 2.00 bits per heavy atom. The molecule has 1 unspecified atom stereocenters. The summed E-state index contributed by atoms with van der Waals surface area (Å²) in [6, 6.07) is 6.80. The molecule has 0 N–H and O–H groups in total. The predicted octanol–water partition coefficient (Wildman–Crippen LogP) is 4.15. The summed E-state index contributed by atoms with van der Waals surface area (Å²) in [6.45, 7) is 7.71. The summed E-state index contributed by atoms with van der Waals surface area (Å²) in [5.41, 5.74) is 5.58. The topological polar surface area (TPSA) is 3.24 Å². The van der Waals surface area contributed by atoms with Crippen LogP contribution in [-0.4, -0.2) is 24.5 Å². The molecule has 1 atom stereocenters. The van der Waals surface area contributed by atoms with Gasteiger partial charge >= 0.3 is 0 Å². The number of hydrogen-bond acceptors (Lipinski definition) is 1. The van der Waals surface area contributed by atoms with Crippen molar-refractivity contribution in [3.63, 3.8) is 0 Å². The number of nitrogens with zero attached hydrogens (tertiary/aromatic N) is 1. The molecular formula is C15H20ClN. The second-order valence-electron chi connectivity index (χ2n) is 5.19. The van der Waals surface area contributed by atoms with Crippen LogP contribution in [0.3, 0.4) is 0 Å². The van der Waals surface area contributed by atoms with Gasteiger partial charge in [0, 0.05) is 17.6 Å². The molecule has 0 bridgehead atoms. The predicted molar refractivity (Wildman–Crippen MR) is 75.5 cm³/mol. The Kier molecular flexibility index (Phi) is 3.60. The van der Waals surface area contributed by atoms with E-state index >= 15 is 0 Å². The molecular weight excluding hydrogens is 230 g/mol. The SMILES string of the molecule is CC1=C(c2cc(Cl)ccc2C)CN(C)C(C)C1. The minimum atomic E-state index is 0.637. The van der Waals surface area contributed by atoms with Gasteiger partial charge in [-0.3, -0.25) is 4.90 Å². The molecule has 1 aliphatic rings. The summed E-state index contributed by atoms with van der Waals surface area (Å²) in [5.74, 6) is 0. The highest BCUT2D eigenvalue weighted by molar-refractivity contribution is 6.30. The molecule has 0 fully saturated rings. The van der Waals surface area contributed by atoms with E-state index < -0.39 is 0 Å². The van der Waals surface area contributed by atoms with E-state index in [0.717, 1.165) is 18.0 Å². The second-order valence-corrected chi connectivity index (χ2v) is 5.62. The molecule has 0 radical (unpaired) electrons. The van der Waals surface area contributed by atoms with E-state index in [9.17, 15) is 0 Å².